The summed E-state index contributed by atoms with van der Waals surface area (Å²) in [5.41, 5.74) is 2.13. The Morgan fingerprint density at radius 3 is 2.57 bits per heavy atom. The van der Waals surface area contributed by atoms with Crippen LogP contribution in [0.1, 0.15) is 42.0 Å². The van der Waals surface area contributed by atoms with Gasteiger partial charge in [-0.15, -0.1) is 0 Å². The number of morpholine rings is 1. The molecule has 1 aromatic carbocycles. The van der Waals surface area contributed by atoms with Crippen molar-refractivity contribution in [2.45, 2.75) is 39.8 Å². The molecule has 3 heterocycles. The third-order valence-electron chi connectivity index (χ3n) is 6.22. The third-order valence-corrected chi connectivity index (χ3v) is 7.60. The SMILES string of the molecule is CCCCn1c(N2CCOCC2)c(C=C2SC(=S)N(Cc3ccccc3)C2=O)c(C)c(C#N)c1=O. The van der Waals surface area contributed by atoms with Crippen molar-refractivity contribution < 1.29 is 9.53 Å². The van der Waals surface area contributed by atoms with Gasteiger partial charge in [0, 0.05) is 25.2 Å². The maximum atomic E-state index is 13.4. The van der Waals surface area contributed by atoms with Crippen LogP contribution in [0.5, 0.6) is 0 Å². The Morgan fingerprint density at radius 2 is 1.91 bits per heavy atom. The molecule has 0 atom stereocenters. The quantitative estimate of drug-likeness (QED) is 0.412. The minimum absolute atomic E-state index is 0.115. The molecule has 7 nitrogen and oxygen atoms in total. The Balaban J connectivity index is 1.82. The van der Waals surface area contributed by atoms with E-state index in [-0.39, 0.29) is 17.0 Å². The van der Waals surface area contributed by atoms with Crippen molar-refractivity contribution >= 4 is 46.1 Å². The van der Waals surface area contributed by atoms with E-state index >= 15 is 0 Å². The Kier molecular flexibility index (Phi) is 8.06. The zero-order valence-corrected chi connectivity index (χ0v) is 21.6. The van der Waals surface area contributed by atoms with Gasteiger partial charge in [-0.05, 0) is 30.5 Å². The second-order valence-corrected chi connectivity index (χ2v) is 10.2. The van der Waals surface area contributed by atoms with Crippen LogP contribution in [0.25, 0.3) is 6.08 Å². The Hall–Kier alpha value is -2.93. The number of aromatic nitrogens is 1. The van der Waals surface area contributed by atoms with E-state index in [1.165, 1.54) is 11.8 Å². The van der Waals surface area contributed by atoms with Crippen LogP contribution in [0.15, 0.2) is 40.0 Å². The second kappa shape index (κ2) is 11.2. The van der Waals surface area contributed by atoms with E-state index in [2.05, 4.69) is 17.9 Å². The topological polar surface area (TPSA) is 78.6 Å². The summed E-state index contributed by atoms with van der Waals surface area (Å²) in [5.74, 6) is 0.581. The summed E-state index contributed by atoms with van der Waals surface area (Å²) in [6.07, 6.45) is 3.54. The molecule has 0 spiro atoms. The zero-order chi connectivity index (χ0) is 24.9. The molecular weight excluding hydrogens is 480 g/mol. The van der Waals surface area contributed by atoms with Gasteiger partial charge in [-0.3, -0.25) is 19.1 Å². The highest BCUT2D eigenvalue weighted by molar-refractivity contribution is 8.26. The number of thiocarbonyl (C=S) groups is 1. The molecule has 2 saturated heterocycles. The van der Waals surface area contributed by atoms with Gasteiger partial charge in [-0.1, -0.05) is 67.7 Å². The molecule has 1 aromatic heterocycles. The van der Waals surface area contributed by atoms with Gasteiger partial charge < -0.3 is 9.64 Å². The molecule has 2 aromatic rings. The van der Waals surface area contributed by atoms with Gasteiger partial charge in [-0.2, -0.15) is 5.26 Å². The predicted octanol–water partition coefficient (Wildman–Crippen LogP) is 4.07. The van der Waals surface area contributed by atoms with Crippen molar-refractivity contribution in [3.8, 4) is 6.07 Å². The number of unbranched alkanes of at least 4 members (excludes halogenated alkanes) is 1. The van der Waals surface area contributed by atoms with Crippen LogP contribution in [0.4, 0.5) is 5.82 Å². The average Bonchev–Trinajstić information content (AvgIpc) is 3.13. The molecule has 182 valence electrons. The zero-order valence-electron chi connectivity index (χ0n) is 20.0. The number of amides is 1. The van der Waals surface area contributed by atoms with Crippen LogP contribution in [0.2, 0.25) is 0 Å². The summed E-state index contributed by atoms with van der Waals surface area (Å²) in [7, 11) is 0. The fourth-order valence-electron chi connectivity index (χ4n) is 4.32. The number of carbonyl (C=O) groups excluding carboxylic acids is 1. The first-order valence-corrected chi connectivity index (χ1v) is 13.0. The molecule has 1 amide bonds. The number of pyridine rings is 1. The molecule has 35 heavy (non-hydrogen) atoms. The van der Waals surface area contributed by atoms with Crippen molar-refractivity contribution in [2.24, 2.45) is 0 Å². The van der Waals surface area contributed by atoms with Crippen molar-refractivity contribution in [2.75, 3.05) is 31.2 Å². The largest absolute Gasteiger partial charge is 0.378 e. The number of hydrogen-bond donors (Lipinski definition) is 0. The normalized spacial score (nSPS) is 17.3. The summed E-state index contributed by atoms with van der Waals surface area (Å²) in [6.45, 7) is 7.13. The first kappa shape index (κ1) is 25.2. The smallest absolute Gasteiger partial charge is 0.270 e. The van der Waals surface area contributed by atoms with Gasteiger partial charge in [0.2, 0.25) is 0 Å². The first-order chi connectivity index (χ1) is 17.0. The third kappa shape index (κ3) is 5.20. The standard InChI is InChI=1S/C26H28N4O3S2/c1-3-4-10-29-23(28-11-13-33-14-12-28)20(18(2)21(16-27)24(29)31)15-22-25(32)30(26(34)35-22)17-19-8-6-5-7-9-19/h5-9,15H,3-4,10-14,17H2,1-2H3. The fourth-order valence-corrected chi connectivity index (χ4v) is 5.55. The summed E-state index contributed by atoms with van der Waals surface area (Å²) in [4.78, 5) is 30.9. The molecule has 9 heteroatoms. The van der Waals surface area contributed by atoms with E-state index in [0.717, 1.165) is 29.8 Å². The number of nitriles is 1. The number of nitrogens with zero attached hydrogens (tertiary/aromatic N) is 4. The van der Waals surface area contributed by atoms with Gasteiger partial charge in [-0.25, -0.2) is 0 Å². The van der Waals surface area contributed by atoms with E-state index in [1.54, 1.807) is 16.4 Å². The highest BCUT2D eigenvalue weighted by atomic mass is 32.2. The molecular formula is C26H28N4O3S2. The summed E-state index contributed by atoms with van der Waals surface area (Å²) in [5, 5.41) is 9.82. The number of hydrogen-bond acceptors (Lipinski definition) is 7. The summed E-state index contributed by atoms with van der Waals surface area (Å²) in [6, 6.07) is 11.8. The minimum Gasteiger partial charge on any atom is -0.378 e. The van der Waals surface area contributed by atoms with E-state index in [1.807, 2.05) is 36.4 Å². The Labute approximate surface area is 215 Å². The fraction of sp³-hybridized carbons (Fsp3) is 0.385. The molecule has 0 bridgehead atoms. The molecule has 2 aliphatic heterocycles. The monoisotopic (exact) mass is 508 g/mol. The molecule has 2 aliphatic rings. The van der Waals surface area contributed by atoms with E-state index in [0.29, 0.717) is 54.2 Å². The number of carbonyl (C=O) groups is 1. The van der Waals surface area contributed by atoms with Crippen molar-refractivity contribution in [3.63, 3.8) is 0 Å². The molecule has 0 radical (unpaired) electrons. The molecule has 0 saturated carbocycles. The number of anilines is 1. The molecule has 4 rings (SSSR count). The number of thioether (sulfide) groups is 1. The van der Waals surface area contributed by atoms with Crippen LogP contribution in [-0.2, 0) is 22.6 Å². The highest BCUT2D eigenvalue weighted by Gasteiger charge is 2.33. The molecule has 0 N–H and O–H groups in total. The molecule has 0 aliphatic carbocycles. The lowest BCUT2D eigenvalue weighted by Crippen LogP contribution is -2.41. The molecule has 2 fully saturated rings. The lowest BCUT2D eigenvalue weighted by atomic mass is 10.0. The maximum Gasteiger partial charge on any atom is 0.270 e. The predicted molar refractivity (Wildman–Crippen MR) is 143 cm³/mol. The Bertz CT molecular complexity index is 1260. The van der Waals surface area contributed by atoms with Crippen molar-refractivity contribution in [1.29, 1.82) is 5.26 Å². The molecule has 0 unspecified atom stereocenters. The summed E-state index contributed by atoms with van der Waals surface area (Å²) >= 11 is 6.80. The first-order valence-electron chi connectivity index (χ1n) is 11.8. The van der Waals surface area contributed by atoms with Crippen LogP contribution in [-0.4, -0.2) is 46.0 Å². The number of ether oxygens (including phenoxy) is 1. The van der Waals surface area contributed by atoms with E-state index in [9.17, 15) is 14.9 Å². The van der Waals surface area contributed by atoms with Crippen LogP contribution < -0.4 is 10.5 Å². The highest BCUT2D eigenvalue weighted by Crippen LogP contribution is 2.36. The van der Waals surface area contributed by atoms with Gasteiger partial charge in [0.15, 0.2) is 0 Å². The van der Waals surface area contributed by atoms with Crippen LogP contribution in [0.3, 0.4) is 0 Å². The van der Waals surface area contributed by atoms with E-state index < -0.39 is 0 Å². The lowest BCUT2D eigenvalue weighted by molar-refractivity contribution is -0.122. The average molecular weight is 509 g/mol. The maximum absolute atomic E-state index is 13.4. The van der Waals surface area contributed by atoms with Crippen LogP contribution >= 0.6 is 24.0 Å². The van der Waals surface area contributed by atoms with Crippen molar-refractivity contribution in [1.82, 2.24) is 9.47 Å². The second-order valence-electron chi connectivity index (χ2n) is 8.51. The van der Waals surface area contributed by atoms with Gasteiger partial charge >= 0.3 is 0 Å². The number of benzene rings is 1. The summed E-state index contributed by atoms with van der Waals surface area (Å²) < 4.78 is 7.74. The van der Waals surface area contributed by atoms with Crippen molar-refractivity contribution in [3.05, 3.63) is 67.8 Å². The Morgan fingerprint density at radius 1 is 1.20 bits per heavy atom. The van der Waals surface area contributed by atoms with Crippen LogP contribution in [0, 0.1) is 18.3 Å². The van der Waals surface area contributed by atoms with Gasteiger partial charge in [0.1, 0.15) is 21.8 Å². The lowest BCUT2D eigenvalue weighted by Gasteiger charge is -2.33. The van der Waals surface area contributed by atoms with Gasteiger partial charge in [0.25, 0.3) is 11.5 Å². The van der Waals surface area contributed by atoms with Gasteiger partial charge in [0.05, 0.1) is 24.7 Å². The number of rotatable bonds is 7. The van der Waals surface area contributed by atoms with E-state index in [4.69, 9.17) is 17.0 Å². The minimum atomic E-state index is -0.284.